The van der Waals surface area contributed by atoms with E-state index in [9.17, 15) is 14.4 Å². The van der Waals surface area contributed by atoms with Gasteiger partial charge in [0.05, 0.1) is 18.3 Å². The van der Waals surface area contributed by atoms with Gasteiger partial charge in [0.2, 0.25) is 11.8 Å². The predicted molar refractivity (Wildman–Crippen MR) is 132 cm³/mol. The normalized spacial score (nSPS) is 16.5. The maximum atomic E-state index is 13.0. The van der Waals surface area contributed by atoms with Crippen LogP contribution in [0.15, 0.2) is 35.4 Å². The topological polar surface area (TPSA) is 112 Å². The molecule has 0 spiro atoms. The number of aryl methyl sites for hydroxylation is 2. The SMILES string of the molecule is O=C(CCCNC(=O)Cn1cnc2sc3c(c2c1=O)CCCC3)NC[C@H]1COc2ccccc2O1. The number of nitrogens with zero attached hydrogens (tertiary/aromatic N) is 2. The Bertz CT molecular complexity index is 1300. The number of hydrogen-bond donors (Lipinski definition) is 2. The summed E-state index contributed by atoms with van der Waals surface area (Å²) in [5, 5.41) is 6.31. The molecule has 0 radical (unpaired) electrons. The molecular formula is C25H28N4O5S. The summed E-state index contributed by atoms with van der Waals surface area (Å²) in [6, 6.07) is 7.44. The van der Waals surface area contributed by atoms with E-state index in [1.54, 1.807) is 11.3 Å². The molecule has 10 heteroatoms. The Balaban J connectivity index is 1.04. The van der Waals surface area contributed by atoms with E-state index in [4.69, 9.17) is 9.47 Å². The van der Waals surface area contributed by atoms with E-state index in [2.05, 4.69) is 15.6 Å². The number of amides is 2. The van der Waals surface area contributed by atoms with Crippen LogP contribution in [0.5, 0.6) is 11.5 Å². The lowest BCUT2D eigenvalue weighted by Crippen LogP contribution is -2.40. The molecule has 35 heavy (non-hydrogen) atoms. The summed E-state index contributed by atoms with van der Waals surface area (Å²) in [6.07, 6.45) is 6.10. The molecule has 3 heterocycles. The second-order valence-corrected chi connectivity index (χ2v) is 9.91. The molecule has 2 amide bonds. The highest BCUT2D eigenvalue weighted by Crippen LogP contribution is 2.33. The van der Waals surface area contributed by atoms with Crippen LogP contribution >= 0.6 is 11.3 Å². The monoisotopic (exact) mass is 496 g/mol. The number of benzene rings is 1. The molecule has 3 aromatic rings. The van der Waals surface area contributed by atoms with Crippen LogP contribution in [0.3, 0.4) is 0 Å². The van der Waals surface area contributed by atoms with Gasteiger partial charge in [0, 0.05) is 17.8 Å². The molecule has 0 unspecified atom stereocenters. The van der Waals surface area contributed by atoms with Crippen LogP contribution in [0.2, 0.25) is 0 Å². The first kappa shape index (κ1) is 23.3. The van der Waals surface area contributed by atoms with Gasteiger partial charge in [-0.1, -0.05) is 12.1 Å². The fourth-order valence-electron chi connectivity index (χ4n) is 4.46. The number of rotatable bonds is 8. The average molecular weight is 497 g/mol. The second-order valence-electron chi connectivity index (χ2n) is 8.82. The first-order chi connectivity index (χ1) is 17.1. The predicted octanol–water partition coefficient (Wildman–Crippen LogP) is 2.19. The number of para-hydroxylation sites is 2. The third kappa shape index (κ3) is 5.32. The number of ether oxygens (including phenoxy) is 2. The number of carbonyl (C=O) groups is 2. The summed E-state index contributed by atoms with van der Waals surface area (Å²) in [5.74, 6) is 0.991. The molecule has 1 aromatic carbocycles. The van der Waals surface area contributed by atoms with Gasteiger partial charge in [0.25, 0.3) is 5.56 Å². The summed E-state index contributed by atoms with van der Waals surface area (Å²) in [7, 11) is 0. The first-order valence-corrected chi connectivity index (χ1v) is 12.8. The van der Waals surface area contributed by atoms with Crippen LogP contribution in [0.25, 0.3) is 10.2 Å². The van der Waals surface area contributed by atoms with Crippen molar-refractivity contribution >= 4 is 33.4 Å². The summed E-state index contributed by atoms with van der Waals surface area (Å²) in [5.41, 5.74) is 0.962. The van der Waals surface area contributed by atoms with E-state index in [1.807, 2.05) is 24.3 Å². The van der Waals surface area contributed by atoms with Crippen molar-refractivity contribution in [1.82, 2.24) is 20.2 Å². The fraction of sp³-hybridized carbons (Fsp3) is 0.440. The second kappa shape index (κ2) is 10.5. The summed E-state index contributed by atoms with van der Waals surface area (Å²) in [4.78, 5) is 43.9. The third-order valence-electron chi connectivity index (χ3n) is 6.25. The molecule has 5 rings (SSSR count). The minimum Gasteiger partial charge on any atom is -0.486 e. The van der Waals surface area contributed by atoms with Crippen molar-refractivity contribution in [2.24, 2.45) is 0 Å². The molecule has 0 bridgehead atoms. The minimum atomic E-state index is -0.274. The van der Waals surface area contributed by atoms with E-state index in [-0.39, 0.29) is 36.4 Å². The molecule has 184 valence electrons. The summed E-state index contributed by atoms with van der Waals surface area (Å²) >= 11 is 1.59. The van der Waals surface area contributed by atoms with Gasteiger partial charge in [-0.15, -0.1) is 11.3 Å². The molecule has 0 saturated heterocycles. The van der Waals surface area contributed by atoms with Crippen LogP contribution in [0.4, 0.5) is 0 Å². The Morgan fingerprint density at radius 1 is 1.11 bits per heavy atom. The molecule has 1 aliphatic carbocycles. The molecule has 2 N–H and O–H groups in total. The van der Waals surface area contributed by atoms with Crippen molar-refractivity contribution in [3.8, 4) is 11.5 Å². The van der Waals surface area contributed by atoms with E-state index < -0.39 is 0 Å². The summed E-state index contributed by atoms with van der Waals surface area (Å²) < 4.78 is 12.8. The Morgan fingerprint density at radius 2 is 1.94 bits per heavy atom. The quantitative estimate of drug-likeness (QED) is 0.463. The van der Waals surface area contributed by atoms with Crippen LogP contribution in [0, 0.1) is 0 Å². The smallest absolute Gasteiger partial charge is 0.262 e. The molecule has 2 aliphatic rings. The van der Waals surface area contributed by atoms with E-state index >= 15 is 0 Å². The van der Waals surface area contributed by atoms with E-state index in [0.717, 1.165) is 36.1 Å². The standard InChI is InChI=1S/C25H28N4O5S/c30-21(27-12-16-14-33-18-7-2-3-8-19(18)34-16)10-5-11-26-22(31)13-29-15-28-24-23(25(29)32)17-6-1-4-9-20(17)35-24/h2-3,7-8,15-16H,1,4-6,9-14H2,(H,26,31)(H,27,30)/t16-/m0/s1. The van der Waals surface area contributed by atoms with E-state index in [0.29, 0.717) is 43.0 Å². The van der Waals surface area contributed by atoms with Crippen molar-refractivity contribution in [3.63, 3.8) is 0 Å². The highest BCUT2D eigenvalue weighted by atomic mass is 32.1. The first-order valence-electron chi connectivity index (χ1n) is 12.0. The molecule has 2 aromatic heterocycles. The van der Waals surface area contributed by atoms with Gasteiger partial charge < -0.3 is 20.1 Å². The van der Waals surface area contributed by atoms with Crippen molar-refractivity contribution < 1.29 is 19.1 Å². The zero-order valence-electron chi connectivity index (χ0n) is 19.4. The highest BCUT2D eigenvalue weighted by Gasteiger charge is 2.22. The minimum absolute atomic E-state index is 0.0842. The Kier molecular flexibility index (Phi) is 6.98. The van der Waals surface area contributed by atoms with Gasteiger partial charge in [-0.05, 0) is 49.8 Å². The summed E-state index contributed by atoms with van der Waals surface area (Å²) in [6.45, 7) is 0.992. The lowest BCUT2D eigenvalue weighted by molar-refractivity contribution is -0.123. The van der Waals surface area contributed by atoms with Crippen molar-refractivity contribution in [2.45, 2.75) is 51.2 Å². The maximum absolute atomic E-state index is 13.0. The lowest BCUT2D eigenvalue weighted by Gasteiger charge is -2.26. The van der Waals surface area contributed by atoms with Crippen molar-refractivity contribution in [2.75, 3.05) is 19.7 Å². The molecule has 1 aliphatic heterocycles. The van der Waals surface area contributed by atoms with Gasteiger partial charge >= 0.3 is 0 Å². The van der Waals surface area contributed by atoms with Crippen molar-refractivity contribution in [1.29, 1.82) is 0 Å². The van der Waals surface area contributed by atoms with E-state index in [1.165, 1.54) is 15.8 Å². The zero-order valence-corrected chi connectivity index (χ0v) is 20.2. The Hall–Kier alpha value is -3.40. The van der Waals surface area contributed by atoms with Gasteiger partial charge in [-0.25, -0.2) is 4.98 Å². The van der Waals surface area contributed by atoms with Crippen LogP contribution in [-0.4, -0.2) is 47.2 Å². The maximum Gasteiger partial charge on any atom is 0.262 e. The zero-order chi connectivity index (χ0) is 24.2. The molecule has 9 nitrogen and oxygen atoms in total. The van der Waals surface area contributed by atoms with Gasteiger partial charge in [0.1, 0.15) is 24.1 Å². The average Bonchev–Trinajstić information content (AvgIpc) is 3.26. The van der Waals surface area contributed by atoms with Crippen LogP contribution < -0.4 is 25.7 Å². The number of aromatic nitrogens is 2. The number of thiophene rings is 1. The fourth-order valence-corrected chi connectivity index (χ4v) is 5.68. The van der Waals surface area contributed by atoms with Crippen molar-refractivity contribution in [3.05, 3.63) is 51.4 Å². The van der Waals surface area contributed by atoms with Crippen LogP contribution in [-0.2, 0) is 29.0 Å². The largest absolute Gasteiger partial charge is 0.486 e. The lowest BCUT2D eigenvalue weighted by atomic mass is 9.97. The molecule has 0 saturated carbocycles. The number of nitrogens with one attached hydrogen (secondary N) is 2. The molecule has 1 atom stereocenters. The number of hydrogen-bond acceptors (Lipinski definition) is 7. The van der Waals surface area contributed by atoms with Gasteiger partial charge in [-0.3, -0.25) is 19.0 Å². The number of fused-ring (bicyclic) bond motifs is 4. The number of carbonyl (C=O) groups excluding carboxylic acids is 2. The highest BCUT2D eigenvalue weighted by molar-refractivity contribution is 7.18. The van der Waals surface area contributed by atoms with Gasteiger partial charge in [-0.2, -0.15) is 0 Å². The van der Waals surface area contributed by atoms with Crippen LogP contribution in [0.1, 0.15) is 36.1 Å². The molecule has 0 fully saturated rings. The molecular weight excluding hydrogens is 468 g/mol. The van der Waals surface area contributed by atoms with Gasteiger partial charge in [0.15, 0.2) is 11.5 Å². The third-order valence-corrected chi connectivity index (χ3v) is 7.45. The Labute approximate surface area is 206 Å². The Morgan fingerprint density at radius 3 is 2.83 bits per heavy atom.